The van der Waals surface area contributed by atoms with Crippen molar-refractivity contribution in [3.05, 3.63) is 12.3 Å². The summed E-state index contributed by atoms with van der Waals surface area (Å²) in [5.41, 5.74) is 2.12. The lowest BCUT2D eigenvalue weighted by atomic mass is 10.3. The van der Waals surface area contributed by atoms with Gasteiger partial charge in [0.25, 0.3) is 0 Å². The van der Waals surface area contributed by atoms with E-state index in [1.54, 1.807) is 0 Å². The molecule has 0 unspecified atom stereocenters. The fourth-order valence-corrected chi connectivity index (χ4v) is 2.25. The van der Waals surface area contributed by atoms with Crippen LogP contribution >= 0.6 is 0 Å². The van der Waals surface area contributed by atoms with Crippen LogP contribution in [0.25, 0.3) is 0 Å². The van der Waals surface area contributed by atoms with Gasteiger partial charge in [-0.3, -0.25) is 0 Å². The van der Waals surface area contributed by atoms with E-state index in [9.17, 15) is 0 Å². The fourth-order valence-electron chi connectivity index (χ4n) is 0.887. The summed E-state index contributed by atoms with van der Waals surface area (Å²) in [5, 5.41) is 8.29. The molecule has 2 heteroatoms. The summed E-state index contributed by atoms with van der Waals surface area (Å²) in [7, 11) is -1.07. The summed E-state index contributed by atoms with van der Waals surface area (Å²) in [4.78, 5) is 0. The average molecular weight is 167 g/mol. The molecule has 0 saturated carbocycles. The van der Waals surface area contributed by atoms with Crippen LogP contribution in [0.5, 0.6) is 0 Å². The van der Waals surface area contributed by atoms with Gasteiger partial charge in [0.05, 0.1) is 14.1 Å². The largest absolute Gasteiger partial charge is 0.198 e. The van der Waals surface area contributed by atoms with Crippen molar-refractivity contribution in [3.63, 3.8) is 0 Å². The molecule has 0 rings (SSSR count). The van der Waals surface area contributed by atoms with Crippen molar-refractivity contribution in [2.75, 3.05) is 0 Å². The van der Waals surface area contributed by atoms with Crippen LogP contribution in [0.1, 0.15) is 19.3 Å². The normalized spacial score (nSPS) is 10.6. The van der Waals surface area contributed by atoms with E-state index in [-0.39, 0.29) is 0 Å². The maximum atomic E-state index is 8.29. The van der Waals surface area contributed by atoms with Gasteiger partial charge in [0.15, 0.2) is 0 Å². The van der Waals surface area contributed by atoms with Crippen LogP contribution in [-0.4, -0.2) is 8.07 Å². The minimum absolute atomic E-state index is 0.710. The first-order valence-electron chi connectivity index (χ1n) is 4.13. The van der Waals surface area contributed by atoms with Crippen molar-refractivity contribution in [2.24, 2.45) is 0 Å². The molecule has 11 heavy (non-hydrogen) atoms. The van der Waals surface area contributed by atoms with Crippen molar-refractivity contribution < 1.29 is 0 Å². The molecule has 0 spiro atoms. The third kappa shape index (κ3) is 5.87. The van der Waals surface area contributed by atoms with Gasteiger partial charge >= 0.3 is 0 Å². The van der Waals surface area contributed by atoms with Gasteiger partial charge in [0.1, 0.15) is 0 Å². The monoisotopic (exact) mass is 167 g/mol. The maximum absolute atomic E-state index is 8.29. The van der Waals surface area contributed by atoms with Crippen molar-refractivity contribution in [3.8, 4) is 6.07 Å². The van der Waals surface area contributed by atoms with Crippen LogP contribution in [0.15, 0.2) is 12.3 Å². The van der Waals surface area contributed by atoms with Crippen LogP contribution in [0.3, 0.4) is 0 Å². The molecule has 0 aromatic heterocycles. The van der Waals surface area contributed by atoms with E-state index in [1.165, 1.54) is 12.5 Å². The van der Waals surface area contributed by atoms with Crippen molar-refractivity contribution >= 4 is 8.07 Å². The van der Waals surface area contributed by atoms with E-state index in [0.717, 1.165) is 6.42 Å². The molecule has 0 aromatic rings. The number of nitriles is 1. The van der Waals surface area contributed by atoms with Gasteiger partial charge in [-0.1, -0.05) is 25.6 Å². The van der Waals surface area contributed by atoms with E-state index in [2.05, 4.69) is 31.4 Å². The lowest BCUT2D eigenvalue weighted by Gasteiger charge is -2.15. The highest BCUT2D eigenvalue weighted by Crippen LogP contribution is 2.14. The summed E-state index contributed by atoms with van der Waals surface area (Å²) < 4.78 is 0. The molecule has 0 amide bonds. The summed E-state index contributed by atoms with van der Waals surface area (Å²) in [6, 6.07) is 3.44. The Hall–Kier alpha value is -0.553. The highest BCUT2D eigenvalue weighted by molar-refractivity contribution is 6.82. The Morgan fingerprint density at radius 1 is 1.45 bits per heavy atom. The van der Waals surface area contributed by atoms with Crippen molar-refractivity contribution in [2.45, 2.75) is 38.4 Å². The highest BCUT2D eigenvalue weighted by Gasteiger charge is 2.14. The minimum Gasteiger partial charge on any atom is -0.198 e. The molecule has 0 aliphatic heterocycles. The number of hydrogen-bond acceptors (Lipinski definition) is 1. The third-order valence-corrected chi connectivity index (χ3v) is 4.66. The zero-order chi connectivity index (χ0) is 8.74. The molecule has 0 N–H and O–H groups in total. The minimum atomic E-state index is -1.07. The van der Waals surface area contributed by atoms with E-state index < -0.39 is 8.07 Å². The number of hydrogen-bond donors (Lipinski definition) is 0. The van der Waals surface area contributed by atoms with E-state index in [0.29, 0.717) is 6.42 Å². The predicted octanol–water partition coefficient (Wildman–Crippen LogP) is 3.11. The lowest BCUT2D eigenvalue weighted by molar-refractivity contribution is 0.811. The van der Waals surface area contributed by atoms with Gasteiger partial charge in [-0.05, 0) is 6.42 Å². The van der Waals surface area contributed by atoms with E-state index in [1.807, 2.05) is 0 Å². The SMILES string of the molecule is C=C[Si](C)(C)CCCCC#N. The van der Waals surface area contributed by atoms with Gasteiger partial charge in [0, 0.05) is 6.42 Å². The molecule has 0 heterocycles. The first-order valence-corrected chi connectivity index (χ1v) is 7.41. The molecule has 1 nitrogen and oxygen atoms in total. The maximum Gasteiger partial charge on any atom is 0.0709 e. The lowest BCUT2D eigenvalue weighted by Crippen LogP contribution is -2.21. The van der Waals surface area contributed by atoms with Crippen molar-refractivity contribution in [1.29, 1.82) is 5.26 Å². The topological polar surface area (TPSA) is 23.8 Å². The molecule has 0 bridgehead atoms. The molecular formula is C9H17NSi. The van der Waals surface area contributed by atoms with Gasteiger partial charge in [-0.25, -0.2) is 0 Å². The quantitative estimate of drug-likeness (QED) is 0.456. The summed E-state index contributed by atoms with van der Waals surface area (Å²) >= 11 is 0. The molecule has 62 valence electrons. The van der Waals surface area contributed by atoms with Gasteiger partial charge < -0.3 is 0 Å². The second kappa shape index (κ2) is 5.14. The van der Waals surface area contributed by atoms with Crippen LogP contribution in [0, 0.1) is 11.3 Å². The number of rotatable bonds is 5. The van der Waals surface area contributed by atoms with Crippen LogP contribution in [-0.2, 0) is 0 Å². The van der Waals surface area contributed by atoms with Crippen molar-refractivity contribution in [1.82, 2.24) is 0 Å². The van der Waals surface area contributed by atoms with Crippen LogP contribution in [0.4, 0.5) is 0 Å². The molecule has 0 aliphatic carbocycles. The molecular weight excluding hydrogens is 150 g/mol. The van der Waals surface area contributed by atoms with Gasteiger partial charge in [-0.2, -0.15) is 5.26 Å². The highest BCUT2D eigenvalue weighted by atomic mass is 28.3. The first-order chi connectivity index (χ1) is 5.12. The number of nitrogens with zero attached hydrogens (tertiary/aromatic N) is 1. The Kier molecular flexibility index (Phi) is 4.89. The molecule has 0 aliphatic rings. The fraction of sp³-hybridized carbons (Fsp3) is 0.667. The second-order valence-corrected chi connectivity index (χ2v) is 8.44. The standard InChI is InChI=1S/C9H17NSi/c1-4-11(2,3)9-7-5-6-8-10/h4H,1,5-7,9H2,2-3H3. The smallest absolute Gasteiger partial charge is 0.0709 e. The molecule has 0 aromatic carbocycles. The summed E-state index contributed by atoms with van der Waals surface area (Å²) in [6.45, 7) is 8.45. The first kappa shape index (κ1) is 10.4. The van der Waals surface area contributed by atoms with Gasteiger partial charge in [0.2, 0.25) is 0 Å². The van der Waals surface area contributed by atoms with Crippen LogP contribution in [0.2, 0.25) is 19.1 Å². The van der Waals surface area contributed by atoms with Gasteiger partial charge in [-0.15, -0.1) is 12.3 Å². The Morgan fingerprint density at radius 2 is 2.09 bits per heavy atom. The second-order valence-electron chi connectivity index (χ2n) is 3.56. The van der Waals surface area contributed by atoms with Crippen LogP contribution < -0.4 is 0 Å². The molecule has 0 saturated heterocycles. The molecule has 0 fully saturated rings. The zero-order valence-corrected chi connectivity index (χ0v) is 8.56. The Morgan fingerprint density at radius 3 is 2.55 bits per heavy atom. The van der Waals surface area contributed by atoms with E-state index >= 15 is 0 Å². The Bertz CT molecular complexity index is 155. The Labute approximate surface area is 70.7 Å². The zero-order valence-electron chi connectivity index (χ0n) is 7.56. The average Bonchev–Trinajstić information content (AvgIpc) is 1.99. The Balaban J connectivity index is 3.39. The summed E-state index contributed by atoms with van der Waals surface area (Å²) in [6.07, 6.45) is 2.96. The predicted molar refractivity (Wildman–Crippen MR) is 52.0 cm³/mol. The molecule has 0 radical (unpaired) electrons. The summed E-state index contributed by atoms with van der Waals surface area (Å²) in [5.74, 6) is 0. The van der Waals surface area contributed by atoms with E-state index in [4.69, 9.17) is 5.26 Å². The number of unbranched alkanes of at least 4 members (excludes halogenated alkanes) is 2. The molecule has 0 atom stereocenters. The third-order valence-electron chi connectivity index (χ3n) is 1.91.